The summed E-state index contributed by atoms with van der Waals surface area (Å²) in [4.78, 5) is 16.3. The second-order valence-electron chi connectivity index (χ2n) is 5.65. The minimum atomic E-state index is -0.491. The molecule has 0 spiro atoms. The molecule has 1 unspecified atom stereocenters. The third kappa shape index (κ3) is 3.86. The highest BCUT2D eigenvalue weighted by atomic mass is 35.5. The van der Waals surface area contributed by atoms with Crippen LogP contribution in [0.4, 0.5) is 10.1 Å². The van der Waals surface area contributed by atoms with E-state index < -0.39 is 11.1 Å². The molecule has 0 radical (unpaired) electrons. The number of nitrogens with one attached hydrogen (secondary N) is 1. The maximum atomic E-state index is 13.7. The van der Waals surface area contributed by atoms with E-state index in [-0.39, 0.29) is 18.0 Å². The van der Waals surface area contributed by atoms with Crippen molar-refractivity contribution in [1.82, 2.24) is 15.5 Å². The van der Waals surface area contributed by atoms with Gasteiger partial charge in [0, 0.05) is 6.42 Å². The van der Waals surface area contributed by atoms with Gasteiger partial charge in [0.05, 0.1) is 10.6 Å². The molecule has 0 bridgehead atoms. The number of nitrogens with zero attached hydrogens (tertiary/aromatic N) is 3. The molecule has 1 amide bonds. The first-order valence-corrected chi connectivity index (χ1v) is 9.24. The third-order valence-corrected chi connectivity index (χ3v) is 5.19. The Morgan fingerprint density at radius 1 is 1.19 bits per heavy atom. The van der Waals surface area contributed by atoms with E-state index in [1.54, 1.807) is 30.3 Å². The molecule has 27 heavy (non-hydrogen) atoms. The van der Waals surface area contributed by atoms with Gasteiger partial charge in [-0.05, 0) is 24.3 Å². The Hall–Kier alpha value is -2.71. The third-order valence-electron chi connectivity index (χ3n) is 3.78. The van der Waals surface area contributed by atoms with Crippen molar-refractivity contribution in [2.75, 3.05) is 0 Å². The summed E-state index contributed by atoms with van der Waals surface area (Å²) >= 11 is 7.32. The molecule has 1 aliphatic heterocycles. The number of amidine groups is 1. The van der Waals surface area contributed by atoms with Crippen LogP contribution >= 0.6 is 23.4 Å². The van der Waals surface area contributed by atoms with Crippen LogP contribution < -0.4 is 5.32 Å². The molecular formula is C18H12ClFN4O2S. The molecule has 2 aromatic carbocycles. The van der Waals surface area contributed by atoms with Crippen LogP contribution in [0.15, 0.2) is 57.9 Å². The van der Waals surface area contributed by atoms with Gasteiger partial charge in [-0.3, -0.25) is 4.79 Å². The molecule has 4 rings (SSSR count). The van der Waals surface area contributed by atoms with Crippen LogP contribution in [0, 0.1) is 5.82 Å². The highest BCUT2D eigenvalue weighted by Crippen LogP contribution is 2.29. The Kier molecular flexibility index (Phi) is 4.91. The fourth-order valence-electron chi connectivity index (χ4n) is 2.48. The van der Waals surface area contributed by atoms with E-state index in [1.165, 1.54) is 23.9 Å². The minimum absolute atomic E-state index is 0.166. The zero-order valence-corrected chi connectivity index (χ0v) is 15.3. The zero-order chi connectivity index (χ0) is 18.8. The monoisotopic (exact) mass is 402 g/mol. The summed E-state index contributed by atoms with van der Waals surface area (Å²) < 4.78 is 19.3. The lowest BCUT2D eigenvalue weighted by molar-refractivity contribution is -0.118. The van der Waals surface area contributed by atoms with Gasteiger partial charge in [-0.25, -0.2) is 9.38 Å². The number of rotatable bonds is 4. The number of aliphatic imine (C=N–C) groups is 1. The molecule has 0 aliphatic carbocycles. The Bertz CT molecular complexity index is 1040. The summed E-state index contributed by atoms with van der Waals surface area (Å²) in [5.74, 6) is -0.0962. The molecule has 136 valence electrons. The summed E-state index contributed by atoms with van der Waals surface area (Å²) in [6.07, 6.45) is 0.226. The van der Waals surface area contributed by atoms with E-state index in [2.05, 4.69) is 20.5 Å². The molecule has 3 aromatic rings. The van der Waals surface area contributed by atoms with Crippen LogP contribution in [0.5, 0.6) is 0 Å². The normalized spacial score (nSPS) is 18.1. The second kappa shape index (κ2) is 7.50. The number of para-hydroxylation sites is 1. The van der Waals surface area contributed by atoms with Crippen LogP contribution in [0.25, 0.3) is 11.5 Å². The van der Waals surface area contributed by atoms with Gasteiger partial charge in [0.2, 0.25) is 17.7 Å². The summed E-state index contributed by atoms with van der Waals surface area (Å²) in [6, 6.07) is 13.2. The van der Waals surface area contributed by atoms with Gasteiger partial charge in [0.25, 0.3) is 0 Å². The van der Waals surface area contributed by atoms with Gasteiger partial charge in [-0.1, -0.05) is 47.6 Å². The van der Waals surface area contributed by atoms with E-state index in [1.807, 2.05) is 6.07 Å². The van der Waals surface area contributed by atoms with Crippen molar-refractivity contribution in [3.05, 3.63) is 65.3 Å². The maximum absolute atomic E-state index is 13.7. The maximum Gasteiger partial charge on any atom is 0.249 e. The van der Waals surface area contributed by atoms with Gasteiger partial charge in [0.15, 0.2) is 5.17 Å². The van der Waals surface area contributed by atoms with Crippen molar-refractivity contribution < 1.29 is 13.6 Å². The number of carbonyl (C=O) groups excluding carboxylic acids is 1. The van der Waals surface area contributed by atoms with Gasteiger partial charge in [-0.15, -0.1) is 10.2 Å². The van der Waals surface area contributed by atoms with Crippen LogP contribution in [0.2, 0.25) is 5.02 Å². The first-order chi connectivity index (χ1) is 13.1. The van der Waals surface area contributed by atoms with Gasteiger partial charge < -0.3 is 9.73 Å². The van der Waals surface area contributed by atoms with Crippen molar-refractivity contribution in [2.45, 2.75) is 11.7 Å². The smallest absolute Gasteiger partial charge is 0.249 e. The predicted octanol–water partition coefficient (Wildman–Crippen LogP) is 3.99. The summed E-state index contributed by atoms with van der Waals surface area (Å²) in [6.45, 7) is 0. The Morgan fingerprint density at radius 2 is 1.96 bits per heavy atom. The van der Waals surface area contributed by atoms with E-state index in [0.29, 0.717) is 27.5 Å². The molecule has 1 N–H and O–H groups in total. The highest BCUT2D eigenvalue weighted by molar-refractivity contribution is 8.15. The van der Waals surface area contributed by atoms with E-state index >= 15 is 0 Å². The molecule has 6 nitrogen and oxygen atoms in total. The largest absolute Gasteiger partial charge is 0.421 e. The van der Waals surface area contributed by atoms with Gasteiger partial charge in [0.1, 0.15) is 16.8 Å². The van der Waals surface area contributed by atoms with Crippen molar-refractivity contribution in [1.29, 1.82) is 0 Å². The Balaban J connectivity index is 1.49. The van der Waals surface area contributed by atoms with Crippen LogP contribution in [-0.4, -0.2) is 26.5 Å². The second-order valence-corrected chi connectivity index (χ2v) is 7.25. The fraction of sp³-hybridized carbons (Fsp3) is 0.111. The topological polar surface area (TPSA) is 80.4 Å². The van der Waals surface area contributed by atoms with Gasteiger partial charge in [-0.2, -0.15) is 0 Å². The van der Waals surface area contributed by atoms with Crippen LogP contribution in [-0.2, 0) is 11.2 Å². The zero-order valence-electron chi connectivity index (χ0n) is 13.7. The van der Waals surface area contributed by atoms with Crippen molar-refractivity contribution in [3.63, 3.8) is 0 Å². The first kappa shape index (κ1) is 17.7. The minimum Gasteiger partial charge on any atom is -0.421 e. The van der Waals surface area contributed by atoms with Crippen LogP contribution in [0.3, 0.4) is 0 Å². The van der Waals surface area contributed by atoms with E-state index in [9.17, 15) is 9.18 Å². The number of hydrogen-bond donors (Lipinski definition) is 1. The standard InChI is InChI=1S/C18H12ClFN4O2S/c19-11-6-2-1-5-10(11)17-24-23-15(26-17)9-14-16(25)22-18(27-14)21-13-8-4-3-7-12(13)20/h1-8,14H,9H2,(H,21,22,25). The average molecular weight is 403 g/mol. The number of carbonyl (C=O) groups is 1. The number of hydrogen-bond acceptors (Lipinski definition) is 6. The first-order valence-electron chi connectivity index (χ1n) is 7.98. The number of aromatic nitrogens is 2. The number of benzene rings is 2. The van der Waals surface area contributed by atoms with E-state index in [0.717, 1.165) is 0 Å². The lowest BCUT2D eigenvalue weighted by Gasteiger charge is -2.00. The Morgan fingerprint density at radius 3 is 2.78 bits per heavy atom. The molecule has 1 saturated heterocycles. The highest BCUT2D eigenvalue weighted by Gasteiger charge is 2.32. The number of halogens is 2. The molecule has 1 aromatic heterocycles. The molecule has 1 atom stereocenters. The van der Waals surface area contributed by atoms with Crippen molar-refractivity contribution >= 4 is 40.1 Å². The number of thioether (sulfide) groups is 1. The lowest BCUT2D eigenvalue weighted by atomic mass is 10.2. The van der Waals surface area contributed by atoms with Crippen molar-refractivity contribution in [2.24, 2.45) is 4.99 Å². The summed E-state index contributed by atoms with van der Waals surface area (Å²) in [5.41, 5.74) is 0.794. The molecule has 2 heterocycles. The molecule has 1 aliphatic rings. The van der Waals surface area contributed by atoms with Crippen LogP contribution in [0.1, 0.15) is 5.89 Å². The quantitative estimate of drug-likeness (QED) is 0.713. The molecule has 9 heteroatoms. The molecule has 1 fully saturated rings. The van der Waals surface area contributed by atoms with Crippen molar-refractivity contribution in [3.8, 4) is 11.5 Å². The van der Waals surface area contributed by atoms with E-state index in [4.69, 9.17) is 16.0 Å². The van der Waals surface area contributed by atoms with Gasteiger partial charge >= 0.3 is 0 Å². The average Bonchev–Trinajstić information content (AvgIpc) is 3.25. The predicted molar refractivity (Wildman–Crippen MR) is 101 cm³/mol. The summed E-state index contributed by atoms with van der Waals surface area (Å²) in [5, 5.41) is 11.0. The number of amides is 1. The molecule has 0 saturated carbocycles. The SMILES string of the molecule is O=C1NC(=Nc2ccccc2F)SC1Cc1nnc(-c2ccccc2Cl)o1. The lowest BCUT2D eigenvalue weighted by Crippen LogP contribution is -2.26. The molecular weight excluding hydrogens is 391 g/mol. The Labute approximate surface area is 162 Å². The fourth-order valence-corrected chi connectivity index (χ4v) is 3.67. The summed E-state index contributed by atoms with van der Waals surface area (Å²) in [7, 11) is 0.